The van der Waals surface area contributed by atoms with Crippen molar-refractivity contribution >= 4 is 64.1 Å². The number of allylic oxidation sites excluding steroid dienone is 1. The van der Waals surface area contributed by atoms with E-state index in [1.165, 1.54) is 11.6 Å². The number of hydrogen-bond acceptors (Lipinski definition) is 15. The number of nitrogens with one attached hydrogen (secondary N) is 6. The van der Waals surface area contributed by atoms with E-state index in [1.807, 2.05) is 45.0 Å². The first kappa shape index (κ1) is 49.0. The number of methoxy groups -OCH3 is 1. The average Bonchev–Trinajstić information content (AvgIpc) is 3.75. The van der Waals surface area contributed by atoms with Crippen LogP contribution in [0.15, 0.2) is 79.1 Å². The van der Waals surface area contributed by atoms with Gasteiger partial charge < -0.3 is 47.5 Å². The van der Waals surface area contributed by atoms with E-state index < -0.39 is 5.91 Å². The lowest BCUT2D eigenvalue weighted by Gasteiger charge is -2.16. The summed E-state index contributed by atoms with van der Waals surface area (Å²) in [6, 6.07) is 17.7. The van der Waals surface area contributed by atoms with E-state index in [4.69, 9.17) is 27.2 Å². The van der Waals surface area contributed by atoms with Crippen LogP contribution < -0.4 is 37.6 Å². The Bertz CT molecular complexity index is 2570. The molecule has 65 heavy (non-hydrogen) atoms. The number of aliphatic hydroxyl groups is 1. The van der Waals surface area contributed by atoms with E-state index in [1.54, 1.807) is 61.8 Å². The van der Waals surface area contributed by atoms with Crippen LogP contribution in [-0.4, -0.2) is 97.3 Å². The highest BCUT2D eigenvalue weighted by molar-refractivity contribution is 6.36. The smallest absolute Gasteiger partial charge is 0.274 e. The molecule has 6 aromatic rings. The van der Waals surface area contributed by atoms with Crippen LogP contribution in [0.4, 0.5) is 23.3 Å². The van der Waals surface area contributed by atoms with E-state index in [0.29, 0.717) is 85.7 Å². The molecule has 0 saturated carbocycles. The van der Waals surface area contributed by atoms with Crippen molar-refractivity contribution in [1.82, 2.24) is 50.5 Å². The summed E-state index contributed by atoms with van der Waals surface area (Å²) in [5.74, 6) is 0.609. The lowest BCUT2D eigenvalue weighted by atomic mass is 9.98. The van der Waals surface area contributed by atoms with Crippen LogP contribution in [0.3, 0.4) is 0 Å². The highest BCUT2D eigenvalue weighted by Gasteiger charge is 2.18. The van der Waals surface area contributed by atoms with E-state index in [0.717, 1.165) is 22.3 Å². The number of anilines is 4. The Balaban J connectivity index is 0.00000391. The number of nitrogens with two attached hydrogens (primary N) is 1. The number of nitrogens with zero attached hydrogens (tertiary/aromatic N) is 7. The number of rotatable bonds is 21. The number of pyridine rings is 2. The zero-order valence-electron chi connectivity index (χ0n) is 37.0. The van der Waals surface area contributed by atoms with Gasteiger partial charge in [-0.15, -0.1) is 5.10 Å². The summed E-state index contributed by atoms with van der Waals surface area (Å²) in [7, 11) is 1.53. The minimum atomic E-state index is -0.415. The molecule has 0 aliphatic carbocycles. The zero-order valence-corrected chi connectivity index (χ0v) is 37.8. The molecule has 0 atom stereocenters. The second-order valence-corrected chi connectivity index (χ2v) is 14.4. The highest BCUT2D eigenvalue weighted by Crippen LogP contribution is 2.37. The number of aliphatic hydroxyl groups excluding tert-OH is 1. The quantitative estimate of drug-likeness (QED) is 0.0339. The van der Waals surface area contributed by atoms with Gasteiger partial charge >= 0.3 is 0 Å². The van der Waals surface area contributed by atoms with Gasteiger partial charge in [-0.2, -0.15) is 19.5 Å². The molecule has 0 aliphatic heterocycles. The van der Waals surface area contributed by atoms with Gasteiger partial charge in [0.2, 0.25) is 23.6 Å². The van der Waals surface area contributed by atoms with E-state index >= 15 is 0 Å². The fourth-order valence-corrected chi connectivity index (χ4v) is 6.57. The maximum atomic E-state index is 13.3. The summed E-state index contributed by atoms with van der Waals surface area (Å²) in [4.78, 5) is 60.2. The first-order valence-electron chi connectivity index (χ1n) is 21.1. The standard InChI is InChI=1S/C43H49ClN14O5.C2H6/c1-4-35(63-3)38-54-43-56-42(55-41(45)58(43)57-38)49-17-7-12-36(60)48-19-18-46-22-27-13-15-33(50-24-27)39(61)52-31-10-5-8-29(26(31)2)30-9-6-11-32(37(30)44)53-40(62)34-16-14-28(25-51-34)23-47-20-21-59;1-2/h4-6,8-11,13-16,24-25,46-47,59H,7,12,17-23H2,1-3H3,(H,48,60)(H,52,61)(H,53,62)(H3,45,49,54,55,56,57);1-2H3/b35-4-;. The van der Waals surface area contributed by atoms with Crippen molar-refractivity contribution in [2.45, 2.75) is 53.6 Å². The van der Waals surface area contributed by atoms with Gasteiger partial charge in [-0.1, -0.05) is 61.8 Å². The average molecular weight is 907 g/mol. The van der Waals surface area contributed by atoms with Crippen LogP contribution in [-0.2, 0) is 22.6 Å². The molecule has 0 fully saturated rings. The summed E-state index contributed by atoms with van der Waals surface area (Å²) < 4.78 is 6.59. The van der Waals surface area contributed by atoms with Gasteiger partial charge in [-0.3, -0.25) is 24.4 Å². The Labute approximate surface area is 382 Å². The topological polar surface area (TPSA) is 261 Å². The first-order chi connectivity index (χ1) is 31.6. The molecule has 6 rings (SSSR count). The number of amides is 3. The Morgan fingerprint density at radius 3 is 2.06 bits per heavy atom. The van der Waals surface area contributed by atoms with Crippen molar-refractivity contribution in [3.63, 3.8) is 0 Å². The molecule has 342 valence electrons. The number of carbonyl (C=O) groups is 3. The predicted molar refractivity (Wildman–Crippen MR) is 252 cm³/mol. The Hall–Kier alpha value is -7.06. The third-order valence-electron chi connectivity index (χ3n) is 9.60. The van der Waals surface area contributed by atoms with Gasteiger partial charge in [0.05, 0.1) is 24.4 Å². The number of hydrogen-bond donors (Lipinski definition) is 8. The molecule has 0 radical (unpaired) electrons. The lowest BCUT2D eigenvalue weighted by Crippen LogP contribution is -2.31. The Morgan fingerprint density at radius 2 is 1.45 bits per heavy atom. The zero-order chi connectivity index (χ0) is 46.7. The van der Waals surface area contributed by atoms with Crippen molar-refractivity contribution in [3.05, 3.63) is 118 Å². The molecule has 0 bridgehead atoms. The number of benzene rings is 2. The molecule has 20 heteroatoms. The van der Waals surface area contributed by atoms with E-state index in [2.05, 4.69) is 61.9 Å². The number of ether oxygens (including phenoxy) is 1. The second kappa shape index (κ2) is 24.7. The second-order valence-electron chi connectivity index (χ2n) is 14.0. The van der Waals surface area contributed by atoms with Gasteiger partial charge in [0.15, 0.2) is 5.76 Å². The maximum absolute atomic E-state index is 13.3. The molecule has 4 heterocycles. The van der Waals surface area contributed by atoms with E-state index in [-0.39, 0.29) is 47.5 Å². The molecule has 19 nitrogen and oxygen atoms in total. The Morgan fingerprint density at radius 1 is 0.815 bits per heavy atom. The number of fused-ring (bicyclic) bond motifs is 1. The largest absolute Gasteiger partial charge is 0.493 e. The number of aromatic nitrogens is 7. The molecule has 0 spiro atoms. The Kier molecular flexibility index (Phi) is 18.6. The van der Waals surface area contributed by atoms with Crippen molar-refractivity contribution in [2.75, 3.05) is 61.6 Å². The van der Waals surface area contributed by atoms with Crippen LogP contribution in [0.1, 0.15) is 77.1 Å². The van der Waals surface area contributed by atoms with Crippen LogP contribution in [0.5, 0.6) is 0 Å². The van der Waals surface area contributed by atoms with Crippen LogP contribution in [0.2, 0.25) is 5.02 Å². The molecule has 3 amide bonds. The van der Waals surface area contributed by atoms with Gasteiger partial charge in [-0.25, -0.2) is 0 Å². The van der Waals surface area contributed by atoms with Crippen LogP contribution in [0.25, 0.3) is 22.7 Å². The molecule has 4 aromatic heterocycles. The predicted octanol–water partition coefficient (Wildman–Crippen LogP) is 5.24. The number of carbonyl (C=O) groups excluding carboxylic acids is 3. The minimum absolute atomic E-state index is 0.0327. The van der Waals surface area contributed by atoms with Crippen molar-refractivity contribution in [2.24, 2.45) is 0 Å². The normalized spacial score (nSPS) is 11.1. The highest BCUT2D eigenvalue weighted by atomic mass is 35.5. The first-order valence-corrected chi connectivity index (χ1v) is 21.5. The molecule has 0 unspecified atom stereocenters. The molecule has 2 aromatic carbocycles. The SMILES string of the molecule is C/C=C(\OC)c1nc2nc(NCCCC(=O)NCCNCc3ccc(C(=O)Nc4cccc(-c5cccc(NC(=O)c6ccc(CNCCO)cn6)c5Cl)c4C)nc3)nc(N)n2n1.CC. The molecule has 0 saturated heterocycles. The molecular weight excluding hydrogens is 852 g/mol. The minimum Gasteiger partial charge on any atom is -0.493 e. The van der Waals surface area contributed by atoms with Gasteiger partial charge in [-0.05, 0) is 72.9 Å². The third-order valence-corrected chi connectivity index (χ3v) is 10.0. The van der Waals surface area contributed by atoms with E-state index in [9.17, 15) is 14.4 Å². The number of nitrogen functional groups attached to an aromatic ring is 1. The molecule has 0 aliphatic rings. The lowest BCUT2D eigenvalue weighted by molar-refractivity contribution is -0.121. The van der Waals surface area contributed by atoms with Crippen LogP contribution in [0, 0.1) is 6.92 Å². The molecule has 9 N–H and O–H groups in total. The fourth-order valence-electron chi connectivity index (χ4n) is 6.30. The summed E-state index contributed by atoms with van der Waals surface area (Å²) >= 11 is 6.85. The monoisotopic (exact) mass is 906 g/mol. The number of halogens is 1. The summed E-state index contributed by atoms with van der Waals surface area (Å²) in [5, 5.41) is 31.7. The van der Waals surface area contributed by atoms with Crippen LogP contribution >= 0.6 is 11.6 Å². The fraction of sp³-hybridized carbons (Fsp3) is 0.311. The van der Waals surface area contributed by atoms with Gasteiger partial charge in [0.1, 0.15) is 11.4 Å². The third kappa shape index (κ3) is 13.5. The van der Waals surface area contributed by atoms with Gasteiger partial charge in [0, 0.05) is 69.3 Å². The summed E-state index contributed by atoms with van der Waals surface area (Å²) in [5.41, 5.74) is 11.5. The molecular formula is C45H55ClN14O5. The van der Waals surface area contributed by atoms with Crippen molar-refractivity contribution in [1.29, 1.82) is 0 Å². The summed E-state index contributed by atoms with van der Waals surface area (Å²) in [6.07, 6.45) is 5.82. The maximum Gasteiger partial charge on any atom is 0.274 e. The van der Waals surface area contributed by atoms with Gasteiger partial charge in [0.25, 0.3) is 17.6 Å². The van der Waals surface area contributed by atoms with Crippen molar-refractivity contribution < 1.29 is 24.2 Å². The van der Waals surface area contributed by atoms with Crippen molar-refractivity contribution in [3.8, 4) is 11.1 Å². The summed E-state index contributed by atoms with van der Waals surface area (Å²) in [6.45, 7) is 10.6.